The summed E-state index contributed by atoms with van der Waals surface area (Å²) in [7, 11) is -1.47. The minimum absolute atomic E-state index is 0.420. The zero-order valence-corrected chi connectivity index (χ0v) is 11.1. The van der Waals surface area contributed by atoms with Crippen LogP contribution in [0.4, 0.5) is 0 Å². The second-order valence-electron chi connectivity index (χ2n) is 4.44. The predicted octanol–water partition coefficient (Wildman–Crippen LogP) is 0.259. The highest BCUT2D eigenvalue weighted by Crippen LogP contribution is 2.08. The highest BCUT2D eigenvalue weighted by atomic mass is 16.5. The van der Waals surface area contributed by atoms with Gasteiger partial charge in [0, 0.05) is 5.69 Å². The lowest BCUT2D eigenvalue weighted by molar-refractivity contribution is 0.289. The summed E-state index contributed by atoms with van der Waals surface area (Å²) < 4.78 is 7.47. The van der Waals surface area contributed by atoms with E-state index in [0.717, 1.165) is 11.4 Å². The van der Waals surface area contributed by atoms with Gasteiger partial charge in [0.05, 0.1) is 12.2 Å². The van der Waals surface area contributed by atoms with Crippen molar-refractivity contribution in [3.8, 4) is 5.75 Å². The first-order valence-electron chi connectivity index (χ1n) is 6.16. The predicted molar refractivity (Wildman–Crippen MR) is 73.5 cm³/mol. The number of nitrogens with zero attached hydrogens (tertiary/aromatic N) is 2. The van der Waals surface area contributed by atoms with E-state index in [4.69, 9.17) is 14.8 Å². The summed E-state index contributed by atoms with van der Waals surface area (Å²) in [6, 6.07) is 8.79. The molecule has 0 bridgehead atoms. The van der Waals surface area contributed by atoms with Crippen LogP contribution in [0.15, 0.2) is 30.3 Å². The molecule has 2 rings (SSSR count). The van der Waals surface area contributed by atoms with Crippen LogP contribution in [0.2, 0.25) is 0 Å². The van der Waals surface area contributed by atoms with Crippen LogP contribution >= 0.6 is 0 Å². The van der Waals surface area contributed by atoms with Crippen molar-refractivity contribution in [3.63, 3.8) is 0 Å². The van der Waals surface area contributed by atoms with Gasteiger partial charge < -0.3 is 14.8 Å². The third kappa shape index (κ3) is 3.59. The maximum atomic E-state index is 9.08. The Morgan fingerprint density at radius 3 is 2.68 bits per heavy atom. The maximum Gasteiger partial charge on any atom is 0.488 e. The van der Waals surface area contributed by atoms with Crippen molar-refractivity contribution >= 4 is 12.6 Å². The van der Waals surface area contributed by atoms with Crippen LogP contribution in [0.25, 0.3) is 0 Å². The lowest BCUT2D eigenvalue weighted by Gasteiger charge is -2.09. The van der Waals surface area contributed by atoms with Crippen LogP contribution in [-0.4, -0.2) is 33.6 Å². The Morgan fingerprint density at radius 1 is 1.26 bits per heavy atom. The van der Waals surface area contributed by atoms with Gasteiger partial charge in [0.25, 0.3) is 0 Å². The van der Waals surface area contributed by atoms with Gasteiger partial charge in [-0.25, -0.2) is 0 Å². The van der Waals surface area contributed by atoms with Gasteiger partial charge >= 0.3 is 7.12 Å². The summed E-state index contributed by atoms with van der Waals surface area (Å²) in [6.45, 7) is 5.09. The molecule has 0 spiro atoms. The zero-order valence-electron chi connectivity index (χ0n) is 11.1. The lowest BCUT2D eigenvalue weighted by atomic mass is 9.80. The Bertz CT molecular complexity index is 555. The Labute approximate surface area is 112 Å². The number of rotatable bonds is 5. The second-order valence-corrected chi connectivity index (χ2v) is 4.44. The number of hydrogen-bond acceptors (Lipinski definition) is 4. The topological polar surface area (TPSA) is 67.5 Å². The molecule has 1 aromatic heterocycles. The van der Waals surface area contributed by atoms with Crippen molar-refractivity contribution in [3.05, 3.63) is 41.7 Å². The van der Waals surface area contributed by atoms with E-state index in [-0.39, 0.29) is 0 Å². The fourth-order valence-electron chi connectivity index (χ4n) is 1.92. The van der Waals surface area contributed by atoms with Gasteiger partial charge in [0.2, 0.25) is 0 Å². The second kappa shape index (κ2) is 5.90. The van der Waals surface area contributed by atoms with Gasteiger partial charge in [-0.1, -0.05) is 12.1 Å². The largest absolute Gasteiger partial charge is 0.492 e. The molecular formula is C13H17BN2O3. The molecule has 0 amide bonds. The van der Waals surface area contributed by atoms with E-state index in [1.807, 2.05) is 24.6 Å². The van der Waals surface area contributed by atoms with Crippen LogP contribution < -0.4 is 10.2 Å². The van der Waals surface area contributed by atoms with E-state index in [1.165, 1.54) is 0 Å². The Hall–Kier alpha value is -1.79. The summed E-state index contributed by atoms with van der Waals surface area (Å²) in [5.74, 6) is 0.618. The molecule has 0 saturated carbocycles. The van der Waals surface area contributed by atoms with Crippen molar-refractivity contribution in [2.75, 3.05) is 6.61 Å². The molecule has 1 heterocycles. The van der Waals surface area contributed by atoms with Crippen LogP contribution in [0.1, 0.15) is 11.4 Å². The van der Waals surface area contributed by atoms with E-state index in [1.54, 1.807) is 24.3 Å². The smallest absolute Gasteiger partial charge is 0.488 e. The molecule has 5 nitrogen and oxygen atoms in total. The first kappa shape index (κ1) is 13.6. The van der Waals surface area contributed by atoms with Gasteiger partial charge in [-0.2, -0.15) is 5.10 Å². The van der Waals surface area contributed by atoms with Crippen molar-refractivity contribution in [2.24, 2.45) is 0 Å². The van der Waals surface area contributed by atoms with E-state index in [2.05, 4.69) is 5.10 Å². The van der Waals surface area contributed by atoms with Gasteiger partial charge in [0.1, 0.15) is 12.4 Å². The summed E-state index contributed by atoms with van der Waals surface area (Å²) in [4.78, 5) is 0. The fourth-order valence-corrected chi connectivity index (χ4v) is 1.92. The monoisotopic (exact) mass is 260 g/mol. The van der Waals surface area contributed by atoms with Crippen molar-refractivity contribution in [2.45, 2.75) is 20.4 Å². The number of aryl methyl sites for hydroxylation is 2. The Morgan fingerprint density at radius 2 is 2.05 bits per heavy atom. The van der Waals surface area contributed by atoms with E-state index < -0.39 is 7.12 Å². The minimum atomic E-state index is -1.47. The molecule has 100 valence electrons. The first-order chi connectivity index (χ1) is 9.06. The molecule has 1 aromatic carbocycles. The number of benzene rings is 1. The fraction of sp³-hybridized carbons (Fsp3) is 0.308. The molecule has 0 atom stereocenters. The first-order valence-corrected chi connectivity index (χ1v) is 6.16. The van der Waals surface area contributed by atoms with E-state index in [0.29, 0.717) is 24.4 Å². The molecule has 0 radical (unpaired) electrons. The maximum absolute atomic E-state index is 9.08. The van der Waals surface area contributed by atoms with Crippen LogP contribution in [0, 0.1) is 13.8 Å². The number of aromatic nitrogens is 2. The molecular weight excluding hydrogens is 243 g/mol. The SMILES string of the molecule is Cc1cc(C)n(CCOc2cccc(B(O)O)c2)n1. The van der Waals surface area contributed by atoms with Gasteiger partial charge in [-0.15, -0.1) is 0 Å². The Balaban J connectivity index is 1.92. The molecule has 2 aromatic rings. The van der Waals surface area contributed by atoms with Crippen LogP contribution in [-0.2, 0) is 6.54 Å². The Kier molecular flexibility index (Phi) is 4.24. The zero-order chi connectivity index (χ0) is 13.8. The van der Waals surface area contributed by atoms with Crippen molar-refractivity contribution in [1.29, 1.82) is 0 Å². The van der Waals surface area contributed by atoms with Gasteiger partial charge in [-0.3, -0.25) is 4.68 Å². The highest BCUT2D eigenvalue weighted by Gasteiger charge is 2.11. The number of hydrogen-bond donors (Lipinski definition) is 2. The lowest BCUT2D eigenvalue weighted by Crippen LogP contribution is -2.29. The highest BCUT2D eigenvalue weighted by molar-refractivity contribution is 6.58. The molecule has 19 heavy (non-hydrogen) atoms. The van der Waals surface area contributed by atoms with E-state index >= 15 is 0 Å². The molecule has 0 fully saturated rings. The third-order valence-corrected chi connectivity index (χ3v) is 2.83. The standard InChI is InChI=1S/C13H17BN2O3/c1-10-8-11(2)16(15-10)6-7-19-13-5-3-4-12(9-13)14(17)18/h3-5,8-9,17-18H,6-7H2,1-2H3. The summed E-state index contributed by atoms with van der Waals surface area (Å²) in [6.07, 6.45) is 0. The average molecular weight is 260 g/mol. The quantitative estimate of drug-likeness (QED) is 0.757. The molecule has 0 saturated heterocycles. The van der Waals surface area contributed by atoms with Crippen molar-refractivity contribution < 1.29 is 14.8 Å². The number of ether oxygens (including phenoxy) is 1. The molecule has 6 heteroatoms. The normalized spacial score (nSPS) is 10.5. The summed E-state index contributed by atoms with van der Waals surface area (Å²) >= 11 is 0. The minimum Gasteiger partial charge on any atom is -0.492 e. The molecule has 0 unspecified atom stereocenters. The average Bonchev–Trinajstić information content (AvgIpc) is 2.68. The van der Waals surface area contributed by atoms with E-state index in [9.17, 15) is 0 Å². The van der Waals surface area contributed by atoms with Crippen molar-refractivity contribution in [1.82, 2.24) is 9.78 Å². The summed E-state index contributed by atoms with van der Waals surface area (Å²) in [5.41, 5.74) is 2.51. The molecule has 0 aliphatic carbocycles. The molecule has 0 aliphatic rings. The summed E-state index contributed by atoms with van der Waals surface area (Å²) in [5, 5.41) is 22.5. The third-order valence-electron chi connectivity index (χ3n) is 2.83. The van der Waals surface area contributed by atoms with Gasteiger partial charge in [-0.05, 0) is 37.5 Å². The molecule has 0 aliphatic heterocycles. The molecule has 2 N–H and O–H groups in total. The van der Waals surface area contributed by atoms with Crippen LogP contribution in [0.3, 0.4) is 0 Å². The van der Waals surface area contributed by atoms with Gasteiger partial charge in [0.15, 0.2) is 0 Å². The van der Waals surface area contributed by atoms with Crippen LogP contribution in [0.5, 0.6) is 5.75 Å².